The molecule has 6 N–H and O–H groups in total. The average Bonchev–Trinajstić information content (AvgIpc) is 3.21. The molecule has 1 aliphatic rings. The highest BCUT2D eigenvalue weighted by molar-refractivity contribution is 7.66. The quantitative estimate of drug-likeness (QED) is 0.123. The van der Waals surface area contributed by atoms with E-state index in [9.17, 15) is 33.1 Å². The molecule has 0 saturated carbocycles. The first-order valence-corrected chi connectivity index (χ1v) is 14.1. The van der Waals surface area contributed by atoms with Crippen molar-refractivity contribution < 1.29 is 55.5 Å². The molecule has 0 aliphatic carbocycles. The van der Waals surface area contributed by atoms with E-state index in [0.717, 1.165) is 4.57 Å². The lowest BCUT2D eigenvalue weighted by Gasteiger charge is -2.19. The Hall–Kier alpha value is -1.47. The third-order valence-electron chi connectivity index (χ3n) is 4.09. The van der Waals surface area contributed by atoms with E-state index in [0.29, 0.717) is 13.7 Å². The van der Waals surface area contributed by atoms with Crippen LogP contribution in [-0.4, -0.2) is 63.8 Å². The molecular weight excluding hydrogens is 539 g/mol. The van der Waals surface area contributed by atoms with Gasteiger partial charge in [-0.25, -0.2) is 18.5 Å². The Labute approximate surface area is 197 Å². The van der Waals surface area contributed by atoms with Crippen molar-refractivity contribution in [1.29, 1.82) is 0 Å². The highest BCUT2D eigenvalue weighted by Crippen LogP contribution is 2.67. The Morgan fingerprint density at radius 2 is 1.86 bits per heavy atom. The number of aromatic nitrogens is 2. The van der Waals surface area contributed by atoms with Gasteiger partial charge in [-0.15, -0.1) is 0 Å². The van der Waals surface area contributed by atoms with Crippen LogP contribution in [0, 0.1) is 11.8 Å². The van der Waals surface area contributed by atoms with E-state index in [1.807, 2.05) is 0 Å². The van der Waals surface area contributed by atoms with Gasteiger partial charge in [-0.05, 0) is 12.8 Å². The molecule has 0 bridgehead atoms. The average molecular weight is 563 g/mol. The van der Waals surface area contributed by atoms with E-state index in [1.165, 1.54) is 6.20 Å². The van der Waals surface area contributed by atoms with E-state index in [4.69, 9.17) is 20.1 Å². The largest absolute Gasteiger partial charge is 0.490 e. The summed E-state index contributed by atoms with van der Waals surface area (Å²) in [5, 5.41) is 0. The Morgan fingerprint density at radius 1 is 1.17 bits per heavy atom. The van der Waals surface area contributed by atoms with Crippen molar-refractivity contribution in [2.45, 2.75) is 25.2 Å². The van der Waals surface area contributed by atoms with E-state index >= 15 is 0 Å². The van der Waals surface area contributed by atoms with Crippen LogP contribution in [0.3, 0.4) is 0 Å². The van der Waals surface area contributed by atoms with Crippen LogP contribution in [0.25, 0.3) is 0 Å². The molecular formula is C15H24N3O14P3. The van der Waals surface area contributed by atoms with Gasteiger partial charge in [0.25, 0.3) is 5.56 Å². The molecule has 0 aromatic carbocycles. The molecule has 0 spiro atoms. The summed E-state index contributed by atoms with van der Waals surface area (Å²) in [4.78, 5) is 54.3. The van der Waals surface area contributed by atoms with Gasteiger partial charge in [0, 0.05) is 19.9 Å². The molecule has 1 fully saturated rings. The number of hydrogen-bond donors (Lipinski definition) is 5. The Morgan fingerprint density at radius 3 is 2.51 bits per heavy atom. The van der Waals surface area contributed by atoms with Crippen LogP contribution in [-0.2, 0) is 40.8 Å². The zero-order valence-corrected chi connectivity index (χ0v) is 20.9. The lowest BCUT2D eigenvalue weighted by molar-refractivity contribution is -0.0243. The fourth-order valence-electron chi connectivity index (χ4n) is 2.65. The molecule has 2 heterocycles. The van der Waals surface area contributed by atoms with Crippen molar-refractivity contribution in [3.05, 3.63) is 32.6 Å². The van der Waals surface area contributed by atoms with Crippen LogP contribution in [0.1, 0.15) is 24.6 Å². The number of rotatable bonds is 12. The molecule has 17 nitrogen and oxygen atoms in total. The summed E-state index contributed by atoms with van der Waals surface area (Å²) in [5.41, 5.74) is 3.75. The molecule has 20 heteroatoms. The second-order valence-electron chi connectivity index (χ2n) is 6.69. The molecule has 0 radical (unpaired) electrons. The summed E-state index contributed by atoms with van der Waals surface area (Å²) in [5.74, 6) is 5.17. The Balaban J connectivity index is 1.99. The second kappa shape index (κ2) is 12.7. The Kier molecular flexibility index (Phi) is 10.8. The number of ether oxygens (including phenoxy) is 2. The van der Waals surface area contributed by atoms with Crippen molar-refractivity contribution in [2.24, 2.45) is 5.73 Å². The molecule has 2 rings (SSSR count). The van der Waals surface area contributed by atoms with E-state index in [2.05, 4.69) is 34.5 Å². The van der Waals surface area contributed by atoms with Crippen LogP contribution in [0.15, 0.2) is 15.8 Å². The first-order valence-electron chi connectivity index (χ1n) is 9.66. The maximum Gasteiger partial charge on any atom is 0.490 e. The van der Waals surface area contributed by atoms with Crippen LogP contribution in [0.5, 0.6) is 0 Å². The summed E-state index contributed by atoms with van der Waals surface area (Å²) < 4.78 is 62.7. The van der Waals surface area contributed by atoms with Gasteiger partial charge in [-0.1, -0.05) is 11.8 Å². The van der Waals surface area contributed by atoms with Crippen molar-refractivity contribution >= 4 is 23.5 Å². The zero-order chi connectivity index (χ0) is 26.3. The number of H-pyrrole nitrogens is 1. The molecule has 0 amide bonds. The summed E-state index contributed by atoms with van der Waals surface area (Å²) in [6.45, 7) is -0.0192. The smallest absolute Gasteiger partial charge is 0.367 e. The fraction of sp³-hybridized carbons (Fsp3) is 0.600. The number of phosphoric ester groups is 2. The van der Waals surface area contributed by atoms with Gasteiger partial charge in [-0.3, -0.25) is 23.4 Å². The van der Waals surface area contributed by atoms with Gasteiger partial charge in [0.1, 0.15) is 18.4 Å². The van der Waals surface area contributed by atoms with Gasteiger partial charge in [0.05, 0.1) is 19.3 Å². The summed E-state index contributed by atoms with van der Waals surface area (Å²) >= 11 is 0. The molecule has 5 atom stereocenters. The van der Waals surface area contributed by atoms with Gasteiger partial charge >= 0.3 is 29.2 Å². The summed E-state index contributed by atoms with van der Waals surface area (Å²) in [6.07, 6.45) is -0.133. The Bertz CT molecular complexity index is 1200. The maximum atomic E-state index is 12.2. The first kappa shape index (κ1) is 29.8. The van der Waals surface area contributed by atoms with Crippen LogP contribution in [0.2, 0.25) is 0 Å². The van der Waals surface area contributed by atoms with E-state index < -0.39 is 53.7 Å². The lowest BCUT2D eigenvalue weighted by atomic mass is 10.2. The molecule has 1 saturated heterocycles. The molecule has 1 aliphatic heterocycles. The minimum absolute atomic E-state index is 0.0194. The van der Waals surface area contributed by atoms with Gasteiger partial charge < -0.3 is 29.9 Å². The highest BCUT2D eigenvalue weighted by atomic mass is 31.3. The third-order valence-corrected chi connectivity index (χ3v) is 8.33. The number of nitrogens with zero attached hydrogens (tertiary/aromatic N) is 1. The highest BCUT2D eigenvalue weighted by Gasteiger charge is 2.42. The second-order valence-corrected chi connectivity index (χ2v) is 11.4. The normalized spacial score (nSPS) is 23.0. The van der Waals surface area contributed by atoms with E-state index in [1.54, 1.807) is 0 Å². The van der Waals surface area contributed by atoms with Crippen LogP contribution < -0.4 is 17.0 Å². The maximum absolute atomic E-state index is 12.2. The fourth-order valence-corrected chi connectivity index (χ4v) is 5.93. The standard InChI is InChI=1S/C15H24N3O14P3/c1-27-33(21,22)31-35(25,26)32-34(23,24)29-10-12-4-5-13(30-12)18-9-11(14(19)17-15(18)20)3-2-7-28-8-6-16/h9,12-13H,4-8,10,16H2,1H3,(H,21,22)(H,23,24)(H,25,26)(H,17,19,20). The number of hydrogen-bond acceptors (Lipinski definition) is 12. The van der Waals surface area contributed by atoms with Gasteiger partial charge in [-0.2, -0.15) is 8.62 Å². The lowest BCUT2D eigenvalue weighted by Crippen LogP contribution is -2.33. The summed E-state index contributed by atoms with van der Waals surface area (Å²) in [6, 6.07) is 0. The minimum Gasteiger partial charge on any atom is -0.367 e. The topological polar surface area (TPSA) is 248 Å². The van der Waals surface area contributed by atoms with E-state index in [-0.39, 0.29) is 31.6 Å². The molecule has 198 valence electrons. The van der Waals surface area contributed by atoms with Crippen molar-refractivity contribution in [3.63, 3.8) is 0 Å². The molecule has 5 unspecified atom stereocenters. The van der Waals surface area contributed by atoms with Gasteiger partial charge in [0.15, 0.2) is 0 Å². The van der Waals surface area contributed by atoms with Crippen molar-refractivity contribution in [2.75, 3.05) is 33.5 Å². The monoisotopic (exact) mass is 563 g/mol. The van der Waals surface area contributed by atoms with Crippen molar-refractivity contribution in [3.8, 4) is 11.8 Å². The van der Waals surface area contributed by atoms with Gasteiger partial charge in [0.2, 0.25) is 0 Å². The predicted octanol–water partition coefficient (Wildman–Crippen LogP) is -0.462. The third kappa shape index (κ3) is 9.83. The molecule has 35 heavy (non-hydrogen) atoms. The number of nitrogens with one attached hydrogen (secondary N) is 1. The van der Waals surface area contributed by atoms with Crippen LogP contribution >= 0.6 is 23.5 Å². The number of phosphoric acid groups is 3. The predicted molar refractivity (Wildman–Crippen MR) is 116 cm³/mol. The minimum atomic E-state index is -5.53. The number of nitrogens with two attached hydrogens (primary N) is 1. The number of aromatic amines is 1. The van der Waals surface area contributed by atoms with Crippen molar-refractivity contribution in [1.82, 2.24) is 9.55 Å². The summed E-state index contributed by atoms with van der Waals surface area (Å²) in [7, 11) is -15.1. The molecule has 1 aromatic rings. The first-order chi connectivity index (χ1) is 16.3. The molecule has 1 aromatic heterocycles. The van der Waals surface area contributed by atoms with Crippen LogP contribution in [0.4, 0.5) is 0 Å². The SMILES string of the molecule is COP(=O)(O)OP(=O)(O)OP(=O)(O)OCC1CCC(n2cc(C#CCOCCN)c(=O)[nH]c2=O)O1. The zero-order valence-electron chi connectivity index (χ0n) is 18.2.